The first kappa shape index (κ1) is 16.2. The highest BCUT2D eigenvalue weighted by Gasteiger charge is 2.23. The van der Waals surface area contributed by atoms with Gasteiger partial charge in [-0.2, -0.15) is 10.5 Å². The molecule has 0 spiro atoms. The maximum absolute atomic E-state index is 9.34. The highest BCUT2D eigenvalue weighted by Crippen LogP contribution is 2.28. The van der Waals surface area contributed by atoms with Gasteiger partial charge < -0.3 is 0 Å². The van der Waals surface area contributed by atoms with Crippen LogP contribution in [0, 0.1) is 28.6 Å². The molecule has 0 N–H and O–H groups in total. The van der Waals surface area contributed by atoms with Crippen LogP contribution in [0.25, 0.3) is 10.9 Å². The fourth-order valence-corrected chi connectivity index (χ4v) is 3.19. The second kappa shape index (κ2) is 7.25. The van der Waals surface area contributed by atoms with Crippen molar-refractivity contribution in [1.82, 2.24) is 4.98 Å². The fourth-order valence-electron chi connectivity index (χ4n) is 2.81. The number of hydrogen-bond donors (Lipinski definition) is 0. The molecule has 3 nitrogen and oxygen atoms in total. The van der Waals surface area contributed by atoms with Crippen LogP contribution in [0.4, 0.5) is 0 Å². The van der Waals surface area contributed by atoms with Gasteiger partial charge in [-0.3, -0.25) is 4.98 Å². The summed E-state index contributed by atoms with van der Waals surface area (Å²) in [5.74, 6) is -0.892. The first-order valence-corrected chi connectivity index (χ1v) is 8.40. The van der Waals surface area contributed by atoms with Crippen LogP contribution in [-0.4, -0.2) is 4.98 Å². The number of halogens is 1. The molecule has 0 amide bonds. The molecule has 0 radical (unpaired) electrons. The van der Waals surface area contributed by atoms with Crippen molar-refractivity contribution < 1.29 is 0 Å². The van der Waals surface area contributed by atoms with Crippen LogP contribution in [-0.2, 0) is 6.42 Å². The summed E-state index contributed by atoms with van der Waals surface area (Å²) in [6.07, 6.45) is 0.557. The van der Waals surface area contributed by atoms with Crippen molar-refractivity contribution in [2.75, 3.05) is 0 Å². The molecule has 0 bridgehead atoms. The Hall–Kier alpha value is -2.69. The molecule has 4 heteroatoms. The number of nitrogens with zero attached hydrogens (tertiary/aromatic N) is 3. The second-order valence-corrected chi connectivity index (χ2v) is 6.51. The van der Waals surface area contributed by atoms with Crippen LogP contribution >= 0.6 is 15.9 Å². The Balaban J connectivity index is 1.97. The lowest BCUT2D eigenvalue weighted by molar-refractivity contribution is 0.601. The number of benzene rings is 2. The number of fused-ring (bicyclic) bond motifs is 1. The second-order valence-electron chi connectivity index (χ2n) is 5.60. The van der Waals surface area contributed by atoms with E-state index in [-0.39, 0.29) is 5.92 Å². The van der Waals surface area contributed by atoms with Gasteiger partial charge in [0.25, 0.3) is 0 Å². The van der Waals surface area contributed by atoms with Gasteiger partial charge >= 0.3 is 0 Å². The largest absolute Gasteiger partial charge is 0.253 e. The lowest BCUT2D eigenvalue weighted by Crippen LogP contribution is -2.13. The molecule has 3 aromatic rings. The van der Waals surface area contributed by atoms with Crippen LogP contribution in [0.3, 0.4) is 0 Å². The van der Waals surface area contributed by atoms with Gasteiger partial charge in [0, 0.05) is 21.5 Å². The van der Waals surface area contributed by atoms with Gasteiger partial charge in [0.15, 0.2) is 0 Å². The molecule has 0 saturated carbocycles. The van der Waals surface area contributed by atoms with Crippen molar-refractivity contribution in [2.24, 2.45) is 5.92 Å². The Labute approximate surface area is 149 Å². The molecule has 1 aromatic heterocycles. The standard InChI is InChI=1S/C20H14BrN3/c21-17-7-9-20-15(10-17)6-8-18(24-20)11-19(16(12-22)13-23)14-4-2-1-3-5-14/h1-10,16,19H,11H2. The van der Waals surface area contributed by atoms with Gasteiger partial charge in [0.2, 0.25) is 0 Å². The Bertz CT molecular complexity index is 924. The first-order chi connectivity index (χ1) is 11.7. The van der Waals surface area contributed by atoms with Crippen molar-refractivity contribution in [1.29, 1.82) is 10.5 Å². The number of pyridine rings is 1. The van der Waals surface area contributed by atoms with Crippen molar-refractivity contribution in [3.05, 3.63) is 76.4 Å². The maximum Gasteiger partial charge on any atom is 0.140 e. The average Bonchev–Trinajstić information content (AvgIpc) is 2.62. The summed E-state index contributed by atoms with van der Waals surface area (Å²) in [4.78, 5) is 4.69. The van der Waals surface area contributed by atoms with Crippen LogP contribution in [0.15, 0.2) is 65.1 Å². The van der Waals surface area contributed by atoms with E-state index in [1.54, 1.807) is 0 Å². The molecule has 1 atom stereocenters. The van der Waals surface area contributed by atoms with Crippen molar-refractivity contribution in [2.45, 2.75) is 12.3 Å². The van der Waals surface area contributed by atoms with Gasteiger partial charge in [-0.15, -0.1) is 0 Å². The topological polar surface area (TPSA) is 60.5 Å². The maximum atomic E-state index is 9.34. The quantitative estimate of drug-likeness (QED) is 0.645. The monoisotopic (exact) mass is 375 g/mol. The lowest BCUT2D eigenvalue weighted by Gasteiger charge is -2.18. The van der Waals surface area contributed by atoms with Crippen molar-refractivity contribution in [3.8, 4) is 12.1 Å². The molecule has 1 unspecified atom stereocenters. The highest BCUT2D eigenvalue weighted by atomic mass is 79.9. The van der Waals surface area contributed by atoms with E-state index in [9.17, 15) is 10.5 Å². The third-order valence-corrected chi connectivity index (χ3v) is 4.54. The summed E-state index contributed by atoms with van der Waals surface area (Å²) >= 11 is 3.46. The molecule has 3 rings (SSSR count). The third kappa shape index (κ3) is 3.45. The van der Waals surface area contributed by atoms with Crippen LogP contribution < -0.4 is 0 Å². The molecule has 0 aliphatic heterocycles. The molecule has 0 aliphatic carbocycles. The minimum Gasteiger partial charge on any atom is -0.253 e. The van der Waals surface area contributed by atoms with Crippen LogP contribution in [0.1, 0.15) is 17.2 Å². The Morgan fingerprint density at radius 2 is 1.71 bits per heavy atom. The summed E-state index contributed by atoms with van der Waals surface area (Å²) in [7, 11) is 0. The lowest BCUT2D eigenvalue weighted by atomic mass is 9.84. The van der Waals surface area contributed by atoms with Crippen molar-refractivity contribution in [3.63, 3.8) is 0 Å². The summed E-state index contributed by atoms with van der Waals surface area (Å²) in [6, 6.07) is 23.9. The van der Waals surface area contributed by atoms with E-state index in [0.717, 1.165) is 26.6 Å². The predicted octanol–water partition coefficient (Wildman–Crippen LogP) is 4.99. The average molecular weight is 376 g/mol. The van der Waals surface area contributed by atoms with Gasteiger partial charge in [0.1, 0.15) is 5.92 Å². The van der Waals surface area contributed by atoms with Gasteiger partial charge in [-0.25, -0.2) is 0 Å². The van der Waals surface area contributed by atoms with E-state index in [1.165, 1.54) is 0 Å². The molecule has 0 aliphatic rings. The van der Waals surface area contributed by atoms with E-state index in [2.05, 4.69) is 28.1 Å². The van der Waals surface area contributed by atoms with E-state index < -0.39 is 5.92 Å². The Morgan fingerprint density at radius 3 is 2.42 bits per heavy atom. The molecular weight excluding hydrogens is 362 g/mol. The van der Waals surface area contributed by atoms with E-state index in [4.69, 9.17) is 4.98 Å². The Morgan fingerprint density at radius 1 is 0.958 bits per heavy atom. The molecule has 116 valence electrons. The zero-order valence-corrected chi connectivity index (χ0v) is 14.4. The smallest absolute Gasteiger partial charge is 0.140 e. The Kier molecular flexibility index (Phi) is 4.89. The normalized spacial score (nSPS) is 11.8. The molecule has 0 fully saturated rings. The van der Waals surface area contributed by atoms with Crippen LogP contribution in [0.5, 0.6) is 0 Å². The van der Waals surface area contributed by atoms with E-state index in [0.29, 0.717) is 6.42 Å². The molecule has 0 saturated heterocycles. The summed E-state index contributed by atoms with van der Waals surface area (Å²) in [5.41, 5.74) is 2.78. The van der Waals surface area contributed by atoms with Crippen LogP contribution in [0.2, 0.25) is 0 Å². The number of hydrogen-bond acceptors (Lipinski definition) is 3. The zero-order valence-electron chi connectivity index (χ0n) is 12.9. The minimum absolute atomic E-state index is 0.193. The van der Waals surface area contributed by atoms with Gasteiger partial charge in [-0.1, -0.05) is 52.3 Å². The highest BCUT2D eigenvalue weighted by molar-refractivity contribution is 9.10. The van der Waals surface area contributed by atoms with Gasteiger partial charge in [-0.05, 0) is 36.2 Å². The molecule has 1 heterocycles. The van der Waals surface area contributed by atoms with E-state index in [1.807, 2.05) is 60.7 Å². The van der Waals surface area contributed by atoms with E-state index >= 15 is 0 Å². The van der Waals surface area contributed by atoms with Crippen molar-refractivity contribution >= 4 is 26.8 Å². The first-order valence-electron chi connectivity index (χ1n) is 7.60. The predicted molar refractivity (Wildman–Crippen MR) is 97.0 cm³/mol. The minimum atomic E-state index is -0.699. The van der Waals surface area contributed by atoms with Gasteiger partial charge in [0.05, 0.1) is 17.7 Å². The zero-order chi connectivity index (χ0) is 16.9. The molecule has 2 aromatic carbocycles. The molecular formula is C20H14BrN3. The summed E-state index contributed by atoms with van der Waals surface area (Å²) in [6.45, 7) is 0. The third-order valence-electron chi connectivity index (χ3n) is 4.05. The fraction of sp³-hybridized carbons (Fsp3) is 0.150. The number of nitriles is 2. The summed E-state index contributed by atoms with van der Waals surface area (Å²) in [5, 5.41) is 19.7. The number of rotatable bonds is 4. The SMILES string of the molecule is N#CC(C#N)C(Cc1ccc2cc(Br)ccc2n1)c1ccccc1. The number of aromatic nitrogens is 1. The molecule has 24 heavy (non-hydrogen) atoms. The summed E-state index contributed by atoms with van der Waals surface area (Å²) < 4.78 is 1.01.